The second-order valence-electron chi connectivity index (χ2n) is 8.79. The summed E-state index contributed by atoms with van der Waals surface area (Å²) in [5.41, 5.74) is 1.92. The predicted octanol–water partition coefficient (Wildman–Crippen LogP) is 1.34. The minimum atomic E-state index is -1.36. The molecule has 0 bridgehead atoms. The molecule has 31 heavy (non-hydrogen) atoms. The Labute approximate surface area is 180 Å². The number of amides is 3. The van der Waals surface area contributed by atoms with Crippen molar-refractivity contribution >= 4 is 23.4 Å². The first-order chi connectivity index (χ1) is 14.8. The van der Waals surface area contributed by atoms with Crippen molar-refractivity contribution in [2.45, 2.75) is 38.0 Å². The van der Waals surface area contributed by atoms with Crippen LogP contribution in [0.1, 0.15) is 23.6 Å². The van der Waals surface area contributed by atoms with Crippen LogP contribution in [0.3, 0.4) is 0 Å². The number of rotatable bonds is 4. The molecule has 0 saturated carbocycles. The number of fused-ring (bicyclic) bond motifs is 4. The Morgan fingerprint density at radius 3 is 2.55 bits per heavy atom. The Morgan fingerprint density at radius 2 is 1.84 bits per heavy atom. The number of aliphatic hydroxyl groups excluding tert-OH is 1. The van der Waals surface area contributed by atoms with Gasteiger partial charge in [-0.3, -0.25) is 24.6 Å². The van der Waals surface area contributed by atoms with E-state index in [4.69, 9.17) is 0 Å². The van der Waals surface area contributed by atoms with E-state index in [1.165, 1.54) is 4.90 Å². The maximum Gasteiger partial charge on any atom is 0.250 e. The number of aryl methyl sites for hydroxylation is 1. The van der Waals surface area contributed by atoms with Gasteiger partial charge in [-0.1, -0.05) is 48.0 Å². The summed E-state index contributed by atoms with van der Waals surface area (Å²) in [6, 6.07) is 14.6. The van der Waals surface area contributed by atoms with Gasteiger partial charge >= 0.3 is 0 Å². The van der Waals surface area contributed by atoms with Gasteiger partial charge in [-0.05, 0) is 31.9 Å². The van der Waals surface area contributed by atoms with Crippen LogP contribution in [0, 0.1) is 18.8 Å². The van der Waals surface area contributed by atoms with Crippen LogP contribution in [-0.4, -0.2) is 46.4 Å². The van der Waals surface area contributed by atoms with Gasteiger partial charge in [0.25, 0.3) is 0 Å². The maximum atomic E-state index is 13.6. The van der Waals surface area contributed by atoms with Crippen LogP contribution in [0.5, 0.6) is 0 Å². The van der Waals surface area contributed by atoms with Gasteiger partial charge in [-0.25, -0.2) is 0 Å². The fourth-order valence-electron chi connectivity index (χ4n) is 5.43. The summed E-state index contributed by atoms with van der Waals surface area (Å²) in [6.45, 7) is 3.75. The van der Waals surface area contributed by atoms with Crippen molar-refractivity contribution in [2.24, 2.45) is 11.8 Å². The standard InChI is InChI=1S/C24H25N3O4/c1-13-8-9-17-16(12-13)24(23(31)25-17)19-18(20(26-24)14(2)28)21(29)27(22(19)30)11-10-15-6-4-3-5-7-15/h3-9,12,14,18-20,26,28H,10-11H2,1-2H3,(H,25,31). The molecular weight excluding hydrogens is 394 g/mol. The molecule has 5 atom stereocenters. The lowest BCUT2D eigenvalue weighted by atomic mass is 9.76. The zero-order valence-electron chi connectivity index (χ0n) is 17.5. The zero-order valence-corrected chi connectivity index (χ0v) is 17.5. The molecule has 2 fully saturated rings. The summed E-state index contributed by atoms with van der Waals surface area (Å²) in [5, 5.41) is 16.6. The second kappa shape index (κ2) is 7.00. The molecule has 1 spiro atoms. The molecule has 3 aliphatic heterocycles. The average molecular weight is 419 g/mol. The quantitative estimate of drug-likeness (QED) is 0.650. The third-order valence-corrected chi connectivity index (χ3v) is 6.88. The summed E-state index contributed by atoms with van der Waals surface area (Å²) in [5.74, 6) is -2.71. The molecule has 7 heteroatoms. The van der Waals surface area contributed by atoms with Gasteiger partial charge in [-0.15, -0.1) is 0 Å². The molecule has 7 nitrogen and oxygen atoms in total. The normalized spacial score (nSPS) is 30.0. The van der Waals surface area contributed by atoms with Crippen LogP contribution in [0.2, 0.25) is 0 Å². The smallest absolute Gasteiger partial charge is 0.250 e. The van der Waals surface area contributed by atoms with Crippen molar-refractivity contribution in [3.63, 3.8) is 0 Å². The molecule has 0 aliphatic carbocycles. The Balaban J connectivity index is 1.55. The number of anilines is 1. The number of benzene rings is 2. The zero-order chi connectivity index (χ0) is 21.9. The molecule has 0 radical (unpaired) electrons. The lowest BCUT2D eigenvalue weighted by Crippen LogP contribution is -2.55. The third-order valence-electron chi connectivity index (χ3n) is 6.88. The molecule has 3 N–H and O–H groups in total. The molecule has 5 rings (SSSR count). The minimum Gasteiger partial charge on any atom is -0.392 e. The third kappa shape index (κ3) is 2.77. The molecule has 160 valence electrons. The van der Waals surface area contributed by atoms with E-state index >= 15 is 0 Å². The van der Waals surface area contributed by atoms with Gasteiger partial charge in [0.15, 0.2) is 0 Å². The first kappa shape index (κ1) is 19.9. The Hall–Kier alpha value is -3.03. The molecule has 5 unspecified atom stereocenters. The van der Waals surface area contributed by atoms with Crippen LogP contribution in [0.15, 0.2) is 48.5 Å². The number of likely N-dealkylation sites (tertiary alicyclic amines) is 1. The first-order valence-corrected chi connectivity index (χ1v) is 10.6. The summed E-state index contributed by atoms with van der Waals surface area (Å²) < 4.78 is 0. The molecular formula is C24H25N3O4. The van der Waals surface area contributed by atoms with Crippen LogP contribution in [0.25, 0.3) is 0 Å². The van der Waals surface area contributed by atoms with E-state index in [1.54, 1.807) is 6.92 Å². The lowest BCUT2D eigenvalue weighted by molar-refractivity contribution is -0.143. The molecule has 2 aromatic rings. The topological polar surface area (TPSA) is 98.7 Å². The summed E-state index contributed by atoms with van der Waals surface area (Å²) in [7, 11) is 0. The van der Waals surface area contributed by atoms with Crippen LogP contribution in [0.4, 0.5) is 5.69 Å². The van der Waals surface area contributed by atoms with Crippen molar-refractivity contribution in [1.29, 1.82) is 0 Å². The molecule has 0 aromatic heterocycles. The fourth-order valence-corrected chi connectivity index (χ4v) is 5.43. The highest BCUT2D eigenvalue weighted by molar-refractivity contribution is 6.15. The summed E-state index contributed by atoms with van der Waals surface area (Å²) in [6.07, 6.45) is -0.362. The Bertz CT molecular complexity index is 1080. The lowest BCUT2D eigenvalue weighted by Gasteiger charge is -2.30. The van der Waals surface area contributed by atoms with Gasteiger partial charge in [0, 0.05) is 23.8 Å². The Morgan fingerprint density at radius 1 is 1.10 bits per heavy atom. The van der Waals surface area contributed by atoms with Gasteiger partial charge in [0.2, 0.25) is 17.7 Å². The van der Waals surface area contributed by atoms with E-state index in [0.717, 1.165) is 11.1 Å². The van der Waals surface area contributed by atoms with E-state index in [-0.39, 0.29) is 24.3 Å². The van der Waals surface area contributed by atoms with Gasteiger partial charge in [-0.2, -0.15) is 0 Å². The first-order valence-electron chi connectivity index (χ1n) is 10.6. The fraction of sp³-hybridized carbons (Fsp3) is 0.375. The van der Waals surface area contributed by atoms with Gasteiger partial charge in [0.05, 0.1) is 17.9 Å². The average Bonchev–Trinajstić information content (AvgIpc) is 3.33. The molecule has 3 amide bonds. The van der Waals surface area contributed by atoms with E-state index in [0.29, 0.717) is 17.7 Å². The SMILES string of the molecule is Cc1ccc2c(c1)C1(NC(C(C)O)C3C(=O)N(CCc4ccccc4)C(=O)C31)C(=O)N2. The van der Waals surface area contributed by atoms with Crippen LogP contribution >= 0.6 is 0 Å². The number of aliphatic hydroxyl groups is 1. The van der Waals surface area contributed by atoms with Crippen molar-refractivity contribution in [1.82, 2.24) is 10.2 Å². The second-order valence-corrected chi connectivity index (χ2v) is 8.79. The molecule has 3 heterocycles. The van der Waals surface area contributed by atoms with Crippen LogP contribution in [-0.2, 0) is 26.3 Å². The van der Waals surface area contributed by atoms with Crippen molar-refractivity contribution in [3.8, 4) is 0 Å². The predicted molar refractivity (Wildman–Crippen MR) is 114 cm³/mol. The van der Waals surface area contributed by atoms with E-state index in [1.807, 2.05) is 55.5 Å². The number of nitrogens with zero attached hydrogens (tertiary/aromatic N) is 1. The van der Waals surface area contributed by atoms with Gasteiger partial charge < -0.3 is 10.4 Å². The Kier molecular flexibility index (Phi) is 4.50. The number of carbonyl (C=O) groups is 3. The van der Waals surface area contributed by atoms with E-state index in [9.17, 15) is 19.5 Å². The maximum absolute atomic E-state index is 13.6. The highest BCUT2D eigenvalue weighted by atomic mass is 16.3. The van der Waals surface area contributed by atoms with Gasteiger partial charge in [0.1, 0.15) is 5.54 Å². The molecule has 2 aromatic carbocycles. The number of hydrogen-bond acceptors (Lipinski definition) is 5. The molecule has 2 saturated heterocycles. The minimum absolute atomic E-state index is 0.250. The number of carbonyl (C=O) groups excluding carboxylic acids is 3. The van der Waals surface area contributed by atoms with Crippen molar-refractivity contribution in [3.05, 3.63) is 65.2 Å². The highest BCUT2D eigenvalue weighted by Crippen LogP contribution is 2.53. The summed E-state index contributed by atoms with van der Waals surface area (Å²) in [4.78, 5) is 41.5. The summed E-state index contributed by atoms with van der Waals surface area (Å²) >= 11 is 0. The number of nitrogens with one attached hydrogen (secondary N) is 2. The van der Waals surface area contributed by atoms with Crippen molar-refractivity contribution < 1.29 is 19.5 Å². The van der Waals surface area contributed by atoms with E-state index in [2.05, 4.69) is 10.6 Å². The van der Waals surface area contributed by atoms with Crippen molar-refractivity contribution in [2.75, 3.05) is 11.9 Å². The largest absolute Gasteiger partial charge is 0.392 e. The monoisotopic (exact) mass is 419 g/mol. The molecule has 3 aliphatic rings. The number of hydrogen-bond donors (Lipinski definition) is 3. The number of imide groups is 1. The highest BCUT2D eigenvalue weighted by Gasteiger charge is 2.70. The van der Waals surface area contributed by atoms with E-state index < -0.39 is 29.5 Å². The van der Waals surface area contributed by atoms with Crippen LogP contribution < -0.4 is 10.6 Å².